The topological polar surface area (TPSA) is 119 Å². The third-order valence-corrected chi connectivity index (χ3v) is 5.60. The summed E-state index contributed by atoms with van der Waals surface area (Å²) in [5, 5.41) is 37.4. The monoisotopic (exact) mass is 727 g/mol. The predicted molar refractivity (Wildman–Crippen MR) is 131 cm³/mol. The SMILES string of the molecule is O=C(O)Cc1cc(I)c(Oc2ccc(O)c(I)c2)c(I)c1.OCCNCCO. The molecule has 0 aliphatic rings. The molecule has 0 aromatic heterocycles. The van der Waals surface area contributed by atoms with E-state index < -0.39 is 5.97 Å². The number of carboxylic acids is 1. The molecule has 10 heteroatoms. The Morgan fingerprint density at radius 3 is 2.00 bits per heavy atom. The number of nitrogens with one attached hydrogen (secondary N) is 1. The molecule has 0 spiro atoms. The van der Waals surface area contributed by atoms with Crippen molar-refractivity contribution in [3.63, 3.8) is 0 Å². The Labute approximate surface area is 203 Å². The number of aliphatic carboxylic acids is 1. The highest BCUT2D eigenvalue weighted by Crippen LogP contribution is 2.34. The zero-order valence-electron chi connectivity index (χ0n) is 14.7. The van der Waals surface area contributed by atoms with Gasteiger partial charge in [0.15, 0.2) is 5.75 Å². The number of carboxylic acid groups (broad SMARTS) is 1. The van der Waals surface area contributed by atoms with Crippen LogP contribution in [0.2, 0.25) is 0 Å². The summed E-state index contributed by atoms with van der Waals surface area (Å²) in [5.74, 6) is 0.665. The van der Waals surface area contributed by atoms with Crippen molar-refractivity contribution in [2.75, 3.05) is 26.3 Å². The number of ether oxygens (including phenoxy) is 1. The van der Waals surface area contributed by atoms with Gasteiger partial charge in [-0.05, 0) is 104 Å². The van der Waals surface area contributed by atoms with Crippen LogP contribution in [0.5, 0.6) is 17.2 Å². The minimum atomic E-state index is -0.858. The van der Waals surface area contributed by atoms with Gasteiger partial charge in [-0.3, -0.25) is 4.79 Å². The van der Waals surface area contributed by atoms with Gasteiger partial charge in [-0.2, -0.15) is 0 Å². The molecular formula is C18H20I3NO6. The molecule has 0 amide bonds. The lowest BCUT2D eigenvalue weighted by Crippen LogP contribution is -2.21. The summed E-state index contributed by atoms with van der Waals surface area (Å²) in [4.78, 5) is 10.8. The van der Waals surface area contributed by atoms with Gasteiger partial charge >= 0.3 is 5.97 Å². The van der Waals surface area contributed by atoms with E-state index in [1.54, 1.807) is 30.3 Å². The molecule has 0 saturated carbocycles. The Morgan fingerprint density at radius 1 is 0.964 bits per heavy atom. The van der Waals surface area contributed by atoms with Crippen molar-refractivity contribution in [1.29, 1.82) is 0 Å². The summed E-state index contributed by atoms with van der Waals surface area (Å²) >= 11 is 6.28. The second-order valence-electron chi connectivity index (χ2n) is 5.37. The van der Waals surface area contributed by atoms with E-state index in [-0.39, 0.29) is 25.4 Å². The number of benzene rings is 2. The van der Waals surface area contributed by atoms with Gasteiger partial charge in [0.1, 0.15) is 11.5 Å². The van der Waals surface area contributed by atoms with Crippen LogP contribution >= 0.6 is 67.8 Å². The maximum atomic E-state index is 10.8. The highest BCUT2D eigenvalue weighted by molar-refractivity contribution is 14.1. The zero-order valence-corrected chi connectivity index (χ0v) is 21.1. The van der Waals surface area contributed by atoms with Gasteiger partial charge < -0.3 is 30.5 Å². The molecule has 0 bridgehead atoms. The van der Waals surface area contributed by atoms with Gasteiger partial charge in [-0.1, -0.05) is 0 Å². The van der Waals surface area contributed by atoms with Crippen LogP contribution in [0.4, 0.5) is 0 Å². The first-order valence-electron chi connectivity index (χ1n) is 8.07. The second kappa shape index (κ2) is 13.7. The number of hydrogen-bond donors (Lipinski definition) is 5. The van der Waals surface area contributed by atoms with Gasteiger partial charge in [0.2, 0.25) is 0 Å². The van der Waals surface area contributed by atoms with Gasteiger partial charge in [0.05, 0.1) is 30.3 Å². The van der Waals surface area contributed by atoms with Crippen molar-refractivity contribution < 1.29 is 30.0 Å². The molecular weight excluding hydrogens is 707 g/mol. The molecule has 0 aliphatic heterocycles. The van der Waals surface area contributed by atoms with Crippen LogP contribution in [0.15, 0.2) is 30.3 Å². The van der Waals surface area contributed by atoms with E-state index in [0.29, 0.717) is 28.2 Å². The standard InChI is InChI=1S/C14H9I3O4.C4H11NO2/c15-9-6-8(1-2-12(9)18)21-14-10(16)3-7(4-11(14)17)5-13(19)20;6-3-1-5-2-4-7/h1-4,6,18H,5H2,(H,19,20);5-7H,1-4H2. The van der Waals surface area contributed by atoms with Crippen LogP contribution in [0.3, 0.4) is 0 Å². The Balaban J connectivity index is 0.000000480. The van der Waals surface area contributed by atoms with Crippen LogP contribution in [0.1, 0.15) is 5.56 Å². The molecule has 2 aromatic carbocycles. The summed E-state index contributed by atoms with van der Waals surface area (Å²) in [6.07, 6.45) is -0.0105. The molecule has 154 valence electrons. The molecule has 0 atom stereocenters. The second-order valence-corrected chi connectivity index (χ2v) is 8.86. The van der Waals surface area contributed by atoms with Crippen LogP contribution in [-0.2, 0) is 11.2 Å². The average Bonchev–Trinajstić information content (AvgIpc) is 2.62. The maximum absolute atomic E-state index is 10.8. The fourth-order valence-corrected chi connectivity index (χ4v) is 4.54. The van der Waals surface area contributed by atoms with Crippen LogP contribution in [0.25, 0.3) is 0 Å². The minimum Gasteiger partial charge on any atom is -0.507 e. The van der Waals surface area contributed by atoms with Gasteiger partial charge in [0, 0.05) is 13.1 Å². The third kappa shape index (κ3) is 9.39. The molecule has 2 aromatic rings. The van der Waals surface area contributed by atoms with Gasteiger partial charge in [0.25, 0.3) is 0 Å². The summed E-state index contributed by atoms with van der Waals surface area (Å²) < 4.78 is 8.26. The molecule has 0 aliphatic carbocycles. The van der Waals surface area contributed by atoms with Crippen molar-refractivity contribution in [3.8, 4) is 17.2 Å². The van der Waals surface area contributed by atoms with E-state index >= 15 is 0 Å². The van der Waals surface area contributed by atoms with Crippen molar-refractivity contribution >= 4 is 73.7 Å². The molecule has 0 heterocycles. The molecule has 0 saturated heterocycles. The fraction of sp³-hybridized carbons (Fsp3) is 0.278. The number of rotatable bonds is 8. The largest absolute Gasteiger partial charge is 0.507 e. The smallest absolute Gasteiger partial charge is 0.307 e. The summed E-state index contributed by atoms with van der Waals surface area (Å²) in [7, 11) is 0. The number of halogens is 3. The van der Waals surface area contributed by atoms with Crippen molar-refractivity contribution in [2.24, 2.45) is 0 Å². The first kappa shape index (κ1) is 25.6. The summed E-state index contributed by atoms with van der Waals surface area (Å²) in [6, 6.07) is 8.62. The Kier molecular flexibility index (Phi) is 12.6. The summed E-state index contributed by atoms with van der Waals surface area (Å²) in [6.45, 7) is 1.42. The summed E-state index contributed by atoms with van der Waals surface area (Å²) in [5.41, 5.74) is 0.740. The van der Waals surface area contributed by atoms with E-state index in [1.807, 2.05) is 22.6 Å². The van der Waals surface area contributed by atoms with E-state index in [0.717, 1.165) is 12.7 Å². The van der Waals surface area contributed by atoms with Gasteiger partial charge in [-0.15, -0.1) is 0 Å². The zero-order chi connectivity index (χ0) is 21.1. The molecule has 2 rings (SSSR count). The highest BCUT2D eigenvalue weighted by Gasteiger charge is 2.12. The van der Waals surface area contributed by atoms with E-state index in [9.17, 15) is 9.90 Å². The number of hydrogen-bond acceptors (Lipinski definition) is 6. The Morgan fingerprint density at radius 2 is 1.54 bits per heavy atom. The molecule has 0 unspecified atom stereocenters. The number of aliphatic hydroxyl groups is 2. The van der Waals surface area contributed by atoms with E-state index in [4.69, 9.17) is 20.1 Å². The lowest BCUT2D eigenvalue weighted by atomic mass is 10.1. The van der Waals surface area contributed by atoms with E-state index in [1.165, 1.54) is 0 Å². The lowest BCUT2D eigenvalue weighted by Gasteiger charge is -2.12. The Bertz CT molecular complexity index is 761. The van der Waals surface area contributed by atoms with E-state index in [2.05, 4.69) is 50.5 Å². The Hall–Kier alpha value is -0.420. The minimum absolute atomic E-state index is 0.0105. The number of aromatic hydroxyl groups is 1. The van der Waals surface area contributed by atoms with Crippen molar-refractivity contribution in [2.45, 2.75) is 6.42 Å². The normalized spacial score (nSPS) is 10.2. The fourth-order valence-electron chi connectivity index (χ4n) is 1.94. The van der Waals surface area contributed by atoms with Crippen LogP contribution < -0.4 is 10.1 Å². The first-order chi connectivity index (χ1) is 13.3. The van der Waals surface area contributed by atoms with Crippen molar-refractivity contribution in [1.82, 2.24) is 5.32 Å². The number of phenolic OH excluding ortho intramolecular Hbond substituents is 1. The number of carbonyl (C=O) groups is 1. The number of phenols is 1. The molecule has 0 radical (unpaired) electrons. The lowest BCUT2D eigenvalue weighted by molar-refractivity contribution is -0.136. The third-order valence-electron chi connectivity index (χ3n) is 3.13. The first-order valence-corrected chi connectivity index (χ1v) is 11.3. The average molecular weight is 727 g/mol. The predicted octanol–water partition coefficient (Wildman–Crippen LogP) is 3.19. The van der Waals surface area contributed by atoms with Crippen LogP contribution in [-0.4, -0.2) is 52.7 Å². The highest BCUT2D eigenvalue weighted by atomic mass is 127. The van der Waals surface area contributed by atoms with Gasteiger partial charge in [-0.25, -0.2) is 0 Å². The number of aliphatic hydroxyl groups excluding tert-OH is 2. The quantitative estimate of drug-likeness (QED) is 0.210. The molecule has 7 nitrogen and oxygen atoms in total. The molecule has 5 N–H and O–H groups in total. The maximum Gasteiger partial charge on any atom is 0.307 e. The molecule has 28 heavy (non-hydrogen) atoms. The van der Waals surface area contributed by atoms with Crippen molar-refractivity contribution in [3.05, 3.63) is 46.6 Å². The van der Waals surface area contributed by atoms with Crippen LogP contribution in [0, 0.1) is 10.7 Å². The molecule has 0 fully saturated rings.